The van der Waals surface area contributed by atoms with Crippen LogP contribution in [0.15, 0.2) is 41.7 Å². The number of nitrogens with zero attached hydrogens (tertiary/aromatic N) is 5. The van der Waals surface area contributed by atoms with Gasteiger partial charge in [-0.2, -0.15) is 4.68 Å². The van der Waals surface area contributed by atoms with Crippen LogP contribution in [-0.2, 0) is 9.53 Å². The van der Waals surface area contributed by atoms with Gasteiger partial charge < -0.3 is 4.74 Å². The monoisotopic (exact) mass is 343 g/mol. The number of aromatic nitrogens is 5. The summed E-state index contributed by atoms with van der Waals surface area (Å²) in [5.41, 5.74) is 2.05. The van der Waals surface area contributed by atoms with Gasteiger partial charge >= 0.3 is 5.97 Å². The number of para-hydroxylation sites is 1. The minimum Gasteiger partial charge on any atom is -0.465 e. The van der Waals surface area contributed by atoms with Gasteiger partial charge in [-0.3, -0.25) is 4.79 Å². The van der Waals surface area contributed by atoms with Gasteiger partial charge in [-0.1, -0.05) is 42.1 Å². The third-order valence-corrected chi connectivity index (χ3v) is 4.71. The van der Waals surface area contributed by atoms with Crippen LogP contribution < -0.4 is 0 Å². The molecule has 0 saturated carbocycles. The van der Waals surface area contributed by atoms with Crippen molar-refractivity contribution in [3.05, 3.63) is 36.7 Å². The summed E-state index contributed by atoms with van der Waals surface area (Å²) in [5.74, 6) is -0.243. The van der Waals surface area contributed by atoms with Gasteiger partial charge in [0.2, 0.25) is 0 Å². The maximum atomic E-state index is 12.0. The summed E-state index contributed by atoms with van der Waals surface area (Å²) in [5, 5.41) is 8.68. The summed E-state index contributed by atoms with van der Waals surface area (Å²) in [6, 6.07) is 9.64. The summed E-state index contributed by atoms with van der Waals surface area (Å²) < 4.78 is 6.77. The molecule has 1 atom stereocenters. The Hall–Kier alpha value is -2.48. The predicted molar refractivity (Wildman–Crippen MR) is 91.0 cm³/mol. The van der Waals surface area contributed by atoms with Crippen LogP contribution in [0.1, 0.15) is 20.3 Å². The van der Waals surface area contributed by atoms with Crippen LogP contribution in [0.25, 0.3) is 16.9 Å². The first kappa shape index (κ1) is 16.4. The van der Waals surface area contributed by atoms with Gasteiger partial charge in [0.15, 0.2) is 11.2 Å². The molecule has 124 valence electrons. The second-order valence-electron chi connectivity index (χ2n) is 4.95. The Kier molecular flexibility index (Phi) is 5.05. The van der Waals surface area contributed by atoms with Crippen LogP contribution in [-0.4, -0.2) is 42.8 Å². The molecule has 0 amide bonds. The van der Waals surface area contributed by atoms with Crippen LogP contribution in [0.3, 0.4) is 0 Å². The summed E-state index contributed by atoms with van der Waals surface area (Å²) in [6.07, 6.45) is 2.10. The zero-order valence-electron chi connectivity index (χ0n) is 13.4. The summed E-state index contributed by atoms with van der Waals surface area (Å²) in [7, 11) is 0. The second kappa shape index (κ2) is 7.39. The molecule has 0 aliphatic heterocycles. The molecule has 7 nitrogen and oxygen atoms in total. The average molecular weight is 343 g/mol. The van der Waals surface area contributed by atoms with Gasteiger partial charge in [0, 0.05) is 0 Å². The molecule has 0 saturated heterocycles. The fourth-order valence-electron chi connectivity index (χ4n) is 2.23. The Bertz CT molecular complexity index is 837. The van der Waals surface area contributed by atoms with E-state index in [1.54, 1.807) is 11.6 Å². The van der Waals surface area contributed by atoms with E-state index in [0.29, 0.717) is 29.2 Å². The number of rotatable bonds is 6. The number of esters is 1. The van der Waals surface area contributed by atoms with Crippen LogP contribution in [0.5, 0.6) is 0 Å². The second-order valence-corrected chi connectivity index (χ2v) is 6.15. The molecule has 8 heteroatoms. The van der Waals surface area contributed by atoms with E-state index < -0.39 is 0 Å². The van der Waals surface area contributed by atoms with Crippen molar-refractivity contribution in [2.24, 2.45) is 0 Å². The largest absolute Gasteiger partial charge is 0.465 e. The molecule has 0 bridgehead atoms. The number of carbonyl (C=O) groups is 1. The minimum absolute atomic E-state index is 0.243. The number of carbonyl (C=O) groups excluding carboxylic acids is 1. The number of hydrogen-bond acceptors (Lipinski definition) is 7. The molecule has 0 N–H and O–H groups in total. The third-order valence-electron chi connectivity index (χ3n) is 3.38. The molecule has 0 aliphatic carbocycles. The summed E-state index contributed by atoms with van der Waals surface area (Å²) in [6.45, 7) is 4.09. The Balaban J connectivity index is 1.96. The number of thioether (sulfide) groups is 1. The normalized spacial score (nSPS) is 12.2. The zero-order chi connectivity index (χ0) is 16.9. The molecule has 1 unspecified atom stereocenters. The molecule has 0 spiro atoms. The third kappa shape index (κ3) is 3.23. The first-order valence-corrected chi connectivity index (χ1v) is 8.57. The molecular weight excluding hydrogens is 326 g/mol. The first-order chi connectivity index (χ1) is 11.7. The highest BCUT2D eigenvalue weighted by Gasteiger charge is 2.23. The van der Waals surface area contributed by atoms with Crippen LogP contribution in [0.4, 0.5) is 0 Å². The van der Waals surface area contributed by atoms with E-state index in [-0.39, 0.29) is 11.2 Å². The van der Waals surface area contributed by atoms with Crippen molar-refractivity contribution in [2.45, 2.75) is 30.5 Å². The van der Waals surface area contributed by atoms with Gasteiger partial charge in [-0.15, -0.1) is 5.10 Å². The maximum absolute atomic E-state index is 12.0. The summed E-state index contributed by atoms with van der Waals surface area (Å²) in [4.78, 5) is 20.6. The fraction of sp³-hybridized carbons (Fsp3) is 0.312. The Morgan fingerprint density at radius 2 is 2.04 bits per heavy atom. The predicted octanol–water partition coefficient (Wildman–Crippen LogP) is 2.64. The molecule has 2 heterocycles. The molecular formula is C16H17N5O2S. The lowest BCUT2D eigenvalue weighted by molar-refractivity contribution is -0.142. The van der Waals surface area contributed by atoms with Crippen LogP contribution in [0.2, 0.25) is 0 Å². The van der Waals surface area contributed by atoms with Crippen molar-refractivity contribution in [3.63, 3.8) is 0 Å². The highest BCUT2D eigenvalue weighted by molar-refractivity contribution is 8.00. The van der Waals surface area contributed by atoms with E-state index in [2.05, 4.69) is 20.3 Å². The molecule has 0 radical (unpaired) electrons. The van der Waals surface area contributed by atoms with Gasteiger partial charge in [-0.05, 0) is 25.5 Å². The lowest BCUT2D eigenvalue weighted by Crippen LogP contribution is -2.19. The Morgan fingerprint density at radius 1 is 1.25 bits per heavy atom. The van der Waals surface area contributed by atoms with Crippen LogP contribution >= 0.6 is 11.8 Å². The van der Waals surface area contributed by atoms with E-state index in [1.165, 1.54) is 18.1 Å². The van der Waals surface area contributed by atoms with Crippen molar-refractivity contribution < 1.29 is 9.53 Å². The van der Waals surface area contributed by atoms with E-state index >= 15 is 0 Å². The average Bonchev–Trinajstić information content (AvgIpc) is 3.05. The van der Waals surface area contributed by atoms with Crippen molar-refractivity contribution in [1.29, 1.82) is 0 Å². The van der Waals surface area contributed by atoms with Crippen molar-refractivity contribution in [3.8, 4) is 5.69 Å². The molecule has 0 fully saturated rings. The fourth-order valence-corrected chi connectivity index (χ4v) is 3.18. The standard InChI is InChI=1S/C16H17N5O2S/c1-3-12(16(22)23-4-2)24-15-13-14(17-10-18-15)21(20-19-13)11-8-6-5-7-9-11/h5-10,12H,3-4H2,1-2H3. The molecule has 1 aromatic carbocycles. The highest BCUT2D eigenvalue weighted by atomic mass is 32.2. The SMILES string of the molecule is CCOC(=O)C(CC)Sc1ncnc2c1nnn2-c1ccccc1. The van der Waals surface area contributed by atoms with E-state index in [4.69, 9.17) is 4.74 Å². The quantitative estimate of drug-likeness (QED) is 0.386. The van der Waals surface area contributed by atoms with Crippen molar-refractivity contribution in [2.75, 3.05) is 6.61 Å². The topological polar surface area (TPSA) is 82.8 Å². The first-order valence-electron chi connectivity index (χ1n) is 7.69. The highest BCUT2D eigenvalue weighted by Crippen LogP contribution is 2.29. The van der Waals surface area contributed by atoms with Gasteiger partial charge in [-0.25, -0.2) is 9.97 Å². The zero-order valence-corrected chi connectivity index (χ0v) is 14.2. The number of ether oxygens (including phenoxy) is 1. The smallest absolute Gasteiger partial charge is 0.319 e. The van der Waals surface area contributed by atoms with Crippen molar-refractivity contribution >= 4 is 28.9 Å². The molecule has 2 aromatic heterocycles. The van der Waals surface area contributed by atoms with E-state index in [0.717, 1.165) is 5.69 Å². The lowest BCUT2D eigenvalue weighted by atomic mass is 10.3. The maximum Gasteiger partial charge on any atom is 0.319 e. The number of fused-ring (bicyclic) bond motifs is 1. The summed E-state index contributed by atoms with van der Waals surface area (Å²) >= 11 is 1.33. The number of hydrogen-bond donors (Lipinski definition) is 0. The van der Waals surface area contributed by atoms with Gasteiger partial charge in [0.05, 0.1) is 12.3 Å². The Morgan fingerprint density at radius 3 is 2.75 bits per heavy atom. The molecule has 24 heavy (non-hydrogen) atoms. The molecule has 3 rings (SSSR count). The van der Waals surface area contributed by atoms with Crippen molar-refractivity contribution in [1.82, 2.24) is 25.0 Å². The van der Waals surface area contributed by atoms with Crippen LogP contribution in [0, 0.1) is 0 Å². The van der Waals surface area contributed by atoms with E-state index in [9.17, 15) is 4.79 Å². The minimum atomic E-state index is -0.329. The van der Waals surface area contributed by atoms with Gasteiger partial charge in [0.25, 0.3) is 0 Å². The van der Waals surface area contributed by atoms with Gasteiger partial charge in [0.1, 0.15) is 16.6 Å². The van der Waals surface area contributed by atoms with E-state index in [1.807, 2.05) is 37.3 Å². The molecule has 3 aromatic rings. The Labute approximate surface area is 143 Å². The lowest BCUT2D eigenvalue weighted by Gasteiger charge is -2.12. The molecule has 0 aliphatic rings. The number of benzene rings is 1.